The summed E-state index contributed by atoms with van der Waals surface area (Å²) < 4.78 is 18.0. The third kappa shape index (κ3) is 3.21. The van der Waals surface area contributed by atoms with Crippen molar-refractivity contribution < 1.29 is 13.9 Å². The van der Waals surface area contributed by atoms with Gasteiger partial charge in [-0.05, 0) is 31.0 Å². The van der Waals surface area contributed by atoms with E-state index < -0.39 is 11.4 Å². The SMILES string of the molecule is COCCCN1N=C(c2ccc(F)cc2)CC1(C)C(N)=O. The van der Waals surface area contributed by atoms with Crippen LogP contribution in [0.15, 0.2) is 29.4 Å². The van der Waals surface area contributed by atoms with Crippen LogP contribution in [0.5, 0.6) is 0 Å². The molecule has 0 aliphatic carbocycles. The molecule has 21 heavy (non-hydrogen) atoms. The number of nitrogens with zero attached hydrogens (tertiary/aromatic N) is 2. The molecule has 1 amide bonds. The van der Waals surface area contributed by atoms with E-state index in [0.29, 0.717) is 19.6 Å². The number of ether oxygens (including phenoxy) is 1. The third-order valence-electron chi connectivity index (χ3n) is 3.75. The Bertz CT molecular complexity index is 544. The highest BCUT2D eigenvalue weighted by molar-refractivity contribution is 6.06. The van der Waals surface area contributed by atoms with Gasteiger partial charge in [0.15, 0.2) is 0 Å². The summed E-state index contributed by atoms with van der Waals surface area (Å²) in [6, 6.07) is 6.09. The van der Waals surface area contributed by atoms with Gasteiger partial charge in [-0.15, -0.1) is 0 Å². The molecular weight excluding hydrogens is 273 g/mol. The second-order valence-electron chi connectivity index (χ2n) is 5.34. The molecule has 1 aliphatic rings. The summed E-state index contributed by atoms with van der Waals surface area (Å²) in [5.74, 6) is -0.715. The molecular formula is C15H20FN3O2. The van der Waals surface area contributed by atoms with Gasteiger partial charge < -0.3 is 10.5 Å². The number of hydrogen-bond donors (Lipinski definition) is 1. The summed E-state index contributed by atoms with van der Waals surface area (Å²) in [4.78, 5) is 11.8. The van der Waals surface area contributed by atoms with E-state index in [1.165, 1.54) is 12.1 Å². The zero-order chi connectivity index (χ0) is 15.5. The van der Waals surface area contributed by atoms with Crippen LogP contribution < -0.4 is 5.73 Å². The molecule has 6 heteroatoms. The minimum Gasteiger partial charge on any atom is -0.385 e. The van der Waals surface area contributed by atoms with Crippen molar-refractivity contribution in [1.29, 1.82) is 0 Å². The predicted molar refractivity (Wildman–Crippen MR) is 78.4 cm³/mol. The number of rotatable bonds is 6. The fourth-order valence-electron chi connectivity index (χ4n) is 2.38. The van der Waals surface area contributed by atoms with Crippen molar-refractivity contribution in [3.8, 4) is 0 Å². The minimum absolute atomic E-state index is 0.299. The van der Waals surface area contributed by atoms with Gasteiger partial charge in [0.1, 0.15) is 11.4 Å². The number of amides is 1. The lowest BCUT2D eigenvalue weighted by molar-refractivity contribution is -0.128. The van der Waals surface area contributed by atoms with E-state index in [0.717, 1.165) is 17.7 Å². The Labute approximate surface area is 123 Å². The topological polar surface area (TPSA) is 67.9 Å². The fourth-order valence-corrected chi connectivity index (χ4v) is 2.38. The van der Waals surface area contributed by atoms with Crippen molar-refractivity contribution in [2.24, 2.45) is 10.8 Å². The second kappa shape index (κ2) is 6.22. The highest BCUT2D eigenvalue weighted by Gasteiger charge is 2.43. The highest BCUT2D eigenvalue weighted by atomic mass is 19.1. The van der Waals surface area contributed by atoms with Crippen LogP contribution >= 0.6 is 0 Å². The van der Waals surface area contributed by atoms with E-state index in [2.05, 4.69) is 5.10 Å². The van der Waals surface area contributed by atoms with E-state index in [-0.39, 0.29) is 5.82 Å². The van der Waals surface area contributed by atoms with Gasteiger partial charge in [-0.25, -0.2) is 4.39 Å². The van der Waals surface area contributed by atoms with Crippen LogP contribution in [0.1, 0.15) is 25.3 Å². The average molecular weight is 293 g/mol. The number of primary amides is 1. The smallest absolute Gasteiger partial charge is 0.245 e. The van der Waals surface area contributed by atoms with Crippen LogP contribution in [-0.2, 0) is 9.53 Å². The Morgan fingerprint density at radius 1 is 1.48 bits per heavy atom. The maximum Gasteiger partial charge on any atom is 0.245 e. The lowest BCUT2D eigenvalue weighted by Crippen LogP contribution is -2.51. The molecule has 2 rings (SSSR count). The first-order valence-corrected chi connectivity index (χ1v) is 6.87. The van der Waals surface area contributed by atoms with Gasteiger partial charge in [-0.3, -0.25) is 9.80 Å². The average Bonchev–Trinajstić information content (AvgIpc) is 2.79. The maximum atomic E-state index is 13.0. The molecule has 0 saturated carbocycles. The number of carbonyl (C=O) groups is 1. The Hall–Kier alpha value is -1.95. The first-order chi connectivity index (χ1) is 9.97. The van der Waals surface area contributed by atoms with Gasteiger partial charge in [-0.1, -0.05) is 12.1 Å². The molecule has 1 aromatic rings. The number of hydrazone groups is 1. The Morgan fingerprint density at radius 3 is 2.71 bits per heavy atom. The largest absolute Gasteiger partial charge is 0.385 e. The lowest BCUT2D eigenvalue weighted by atomic mass is 9.92. The van der Waals surface area contributed by atoms with Crippen LogP contribution in [0, 0.1) is 5.82 Å². The monoisotopic (exact) mass is 293 g/mol. The molecule has 0 aromatic heterocycles. The number of methoxy groups -OCH3 is 1. The van der Waals surface area contributed by atoms with Crippen LogP contribution in [-0.4, -0.2) is 42.4 Å². The van der Waals surface area contributed by atoms with Crippen molar-refractivity contribution in [2.45, 2.75) is 25.3 Å². The summed E-state index contributed by atoms with van der Waals surface area (Å²) >= 11 is 0. The van der Waals surface area contributed by atoms with Crippen molar-refractivity contribution in [1.82, 2.24) is 5.01 Å². The summed E-state index contributed by atoms with van der Waals surface area (Å²) in [6.45, 7) is 2.95. The number of nitrogens with two attached hydrogens (primary N) is 1. The summed E-state index contributed by atoms with van der Waals surface area (Å²) in [5.41, 5.74) is 6.24. The van der Waals surface area contributed by atoms with Crippen molar-refractivity contribution in [3.05, 3.63) is 35.6 Å². The maximum absolute atomic E-state index is 13.0. The van der Waals surface area contributed by atoms with E-state index in [1.54, 1.807) is 31.2 Å². The van der Waals surface area contributed by atoms with Crippen molar-refractivity contribution in [2.75, 3.05) is 20.3 Å². The molecule has 2 N–H and O–H groups in total. The molecule has 1 atom stereocenters. The Morgan fingerprint density at radius 2 is 2.14 bits per heavy atom. The van der Waals surface area contributed by atoms with Crippen LogP contribution in [0.25, 0.3) is 0 Å². The number of halogens is 1. The molecule has 1 aliphatic heterocycles. The molecule has 1 aromatic carbocycles. The first kappa shape index (κ1) is 15.4. The second-order valence-corrected chi connectivity index (χ2v) is 5.34. The molecule has 114 valence electrons. The lowest BCUT2D eigenvalue weighted by Gasteiger charge is -2.31. The number of benzene rings is 1. The summed E-state index contributed by atoms with van der Waals surface area (Å²) in [5, 5.41) is 6.22. The van der Waals surface area contributed by atoms with Crippen molar-refractivity contribution in [3.63, 3.8) is 0 Å². The fraction of sp³-hybridized carbons (Fsp3) is 0.467. The first-order valence-electron chi connectivity index (χ1n) is 6.87. The van der Waals surface area contributed by atoms with Gasteiger partial charge >= 0.3 is 0 Å². The van der Waals surface area contributed by atoms with Gasteiger partial charge in [0, 0.05) is 26.7 Å². The molecule has 0 saturated heterocycles. The zero-order valence-electron chi connectivity index (χ0n) is 12.3. The van der Waals surface area contributed by atoms with Gasteiger partial charge in [0.2, 0.25) is 5.91 Å². The van der Waals surface area contributed by atoms with E-state index >= 15 is 0 Å². The van der Waals surface area contributed by atoms with Gasteiger partial charge in [-0.2, -0.15) is 5.10 Å². The molecule has 5 nitrogen and oxygen atoms in total. The summed E-state index contributed by atoms with van der Waals surface area (Å²) in [7, 11) is 1.63. The van der Waals surface area contributed by atoms with E-state index in [4.69, 9.17) is 10.5 Å². The quantitative estimate of drug-likeness (QED) is 0.809. The Kier molecular flexibility index (Phi) is 4.57. The predicted octanol–water partition coefficient (Wildman–Crippen LogP) is 1.52. The zero-order valence-corrected chi connectivity index (χ0v) is 12.3. The standard InChI is InChI=1S/C15H20FN3O2/c1-15(14(17)20)10-13(11-4-6-12(16)7-5-11)18-19(15)8-3-9-21-2/h4-7H,3,8-10H2,1-2H3,(H2,17,20). The van der Waals surface area contributed by atoms with Gasteiger partial charge in [0.05, 0.1) is 5.71 Å². The molecule has 1 heterocycles. The van der Waals surface area contributed by atoms with Crippen LogP contribution in [0.3, 0.4) is 0 Å². The molecule has 0 radical (unpaired) electrons. The molecule has 1 unspecified atom stereocenters. The number of carbonyl (C=O) groups excluding carboxylic acids is 1. The molecule has 0 bridgehead atoms. The molecule has 0 fully saturated rings. The summed E-state index contributed by atoms with van der Waals surface area (Å²) in [6.07, 6.45) is 1.17. The van der Waals surface area contributed by atoms with E-state index in [1.807, 2.05) is 0 Å². The van der Waals surface area contributed by atoms with Crippen LogP contribution in [0.4, 0.5) is 4.39 Å². The van der Waals surface area contributed by atoms with Crippen molar-refractivity contribution >= 4 is 11.6 Å². The molecule has 0 spiro atoms. The third-order valence-corrected chi connectivity index (χ3v) is 3.75. The normalized spacial score (nSPS) is 21.5. The van der Waals surface area contributed by atoms with Gasteiger partial charge in [0.25, 0.3) is 0 Å². The minimum atomic E-state index is -0.850. The number of hydrogen-bond acceptors (Lipinski definition) is 4. The highest BCUT2D eigenvalue weighted by Crippen LogP contribution is 2.29. The van der Waals surface area contributed by atoms with E-state index in [9.17, 15) is 9.18 Å². The Balaban J connectivity index is 2.21. The van der Waals surface area contributed by atoms with Crippen LogP contribution in [0.2, 0.25) is 0 Å².